The Hall–Kier alpha value is -3.35. The van der Waals surface area contributed by atoms with E-state index < -0.39 is 0 Å². The van der Waals surface area contributed by atoms with Crippen molar-refractivity contribution in [3.63, 3.8) is 0 Å². The molecule has 7 heteroatoms. The first-order valence-electron chi connectivity index (χ1n) is 9.16. The van der Waals surface area contributed by atoms with E-state index in [9.17, 15) is 4.79 Å². The van der Waals surface area contributed by atoms with E-state index >= 15 is 0 Å². The number of anilines is 1. The number of para-hydroxylation sites is 2. The van der Waals surface area contributed by atoms with Gasteiger partial charge >= 0.3 is 0 Å². The number of hydrogen-bond acceptors (Lipinski definition) is 6. The number of aryl methyl sites for hydroxylation is 2. The number of aromatic nitrogens is 2. The molecule has 0 radical (unpaired) electrons. The number of nitrogens with zero attached hydrogens (tertiary/aromatic N) is 2. The van der Waals surface area contributed by atoms with E-state index in [4.69, 9.17) is 14.1 Å². The van der Waals surface area contributed by atoms with Crippen molar-refractivity contribution in [1.29, 1.82) is 0 Å². The van der Waals surface area contributed by atoms with E-state index in [0.29, 0.717) is 17.2 Å². The quantitative estimate of drug-likeness (QED) is 0.637. The molecule has 3 aromatic rings. The summed E-state index contributed by atoms with van der Waals surface area (Å²) < 4.78 is 15.7. The second-order valence-electron chi connectivity index (χ2n) is 6.15. The minimum atomic E-state index is -0.368. The smallest absolute Gasteiger partial charge is 0.263 e. The predicted octanol–water partition coefficient (Wildman–Crippen LogP) is 3.89. The normalized spacial score (nSPS) is 10.5. The standard InChI is InChI=1S/C21H23N3O4/c1-4-14-10-11-15(5-2)16(12-14)20-21(24-28-23-20)22-19(25)13-27-18-9-7-6-8-17(18)26-3/h6-12H,4-5,13H2,1-3H3,(H,22,24,25). The van der Waals surface area contributed by atoms with Crippen LogP contribution in [0.15, 0.2) is 47.1 Å². The summed E-state index contributed by atoms with van der Waals surface area (Å²) in [4.78, 5) is 12.4. The van der Waals surface area contributed by atoms with Crippen LogP contribution in [0.4, 0.5) is 5.82 Å². The highest BCUT2D eigenvalue weighted by atomic mass is 16.6. The molecule has 0 aliphatic rings. The Morgan fingerprint density at radius 1 is 1.07 bits per heavy atom. The molecule has 1 N–H and O–H groups in total. The number of carbonyl (C=O) groups excluding carboxylic acids is 1. The van der Waals surface area contributed by atoms with Gasteiger partial charge in [-0.3, -0.25) is 4.79 Å². The van der Waals surface area contributed by atoms with Gasteiger partial charge in [-0.2, -0.15) is 0 Å². The van der Waals surface area contributed by atoms with Gasteiger partial charge in [0.1, 0.15) is 0 Å². The van der Waals surface area contributed by atoms with Gasteiger partial charge in [0.15, 0.2) is 23.8 Å². The summed E-state index contributed by atoms with van der Waals surface area (Å²) in [5.41, 5.74) is 3.70. The number of ether oxygens (including phenoxy) is 2. The van der Waals surface area contributed by atoms with E-state index in [1.165, 1.54) is 5.56 Å². The number of rotatable bonds is 8. The highest BCUT2D eigenvalue weighted by molar-refractivity contribution is 5.94. The summed E-state index contributed by atoms with van der Waals surface area (Å²) in [5, 5.41) is 10.6. The van der Waals surface area contributed by atoms with E-state index in [0.717, 1.165) is 24.0 Å². The van der Waals surface area contributed by atoms with Gasteiger partial charge in [0.2, 0.25) is 5.82 Å². The Kier molecular flexibility index (Phi) is 6.26. The van der Waals surface area contributed by atoms with Crippen molar-refractivity contribution in [2.45, 2.75) is 26.7 Å². The highest BCUT2D eigenvalue weighted by Crippen LogP contribution is 2.30. The molecule has 0 saturated carbocycles. The maximum atomic E-state index is 12.4. The molecule has 28 heavy (non-hydrogen) atoms. The molecule has 0 bridgehead atoms. The van der Waals surface area contributed by atoms with Crippen molar-refractivity contribution in [2.24, 2.45) is 0 Å². The lowest BCUT2D eigenvalue weighted by molar-refractivity contribution is -0.118. The molecule has 2 aromatic carbocycles. The number of benzene rings is 2. The second-order valence-corrected chi connectivity index (χ2v) is 6.15. The number of methoxy groups -OCH3 is 1. The van der Waals surface area contributed by atoms with E-state index in [1.54, 1.807) is 19.2 Å². The topological polar surface area (TPSA) is 86.5 Å². The third-order valence-corrected chi connectivity index (χ3v) is 4.39. The van der Waals surface area contributed by atoms with Crippen molar-refractivity contribution in [1.82, 2.24) is 10.3 Å². The molecule has 0 aliphatic heterocycles. The van der Waals surface area contributed by atoms with Gasteiger partial charge in [-0.15, -0.1) is 0 Å². The van der Waals surface area contributed by atoms with Crippen LogP contribution in [-0.4, -0.2) is 29.9 Å². The van der Waals surface area contributed by atoms with Gasteiger partial charge in [0, 0.05) is 5.56 Å². The molecule has 1 amide bonds. The van der Waals surface area contributed by atoms with Crippen LogP contribution in [0, 0.1) is 0 Å². The minimum Gasteiger partial charge on any atom is -0.493 e. The molecule has 0 unspecified atom stereocenters. The first-order valence-corrected chi connectivity index (χ1v) is 9.16. The van der Waals surface area contributed by atoms with Gasteiger partial charge in [0.25, 0.3) is 5.91 Å². The Labute approximate surface area is 163 Å². The molecule has 1 heterocycles. The zero-order valence-corrected chi connectivity index (χ0v) is 16.2. The van der Waals surface area contributed by atoms with Crippen molar-refractivity contribution < 1.29 is 18.9 Å². The predicted molar refractivity (Wildman–Crippen MR) is 106 cm³/mol. The average molecular weight is 381 g/mol. The molecule has 0 atom stereocenters. The van der Waals surface area contributed by atoms with Crippen LogP contribution in [0.25, 0.3) is 11.3 Å². The second kappa shape index (κ2) is 9.03. The zero-order chi connectivity index (χ0) is 19.9. The Bertz CT molecular complexity index is 952. The van der Waals surface area contributed by atoms with Gasteiger partial charge in [-0.1, -0.05) is 38.1 Å². The van der Waals surface area contributed by atoms with Gasteiger partial charge < -0.3 is 14.8 Å². The average Bonchev–Trinajstić information content (AvgIpc) is 3.19. The van der Waals surface area contributed by atoms with Crippen LogP contribution in [0.3, 0.4) is 0 Å². The Morgan fingerprint density at radius 2 is 1.86 bits per heavy atom. The largest absolute Gasteiger partial charge is 0.493 e. The van der Waals surface area contributed by atoms with Crippen LogP contribution in [-0.2, 0) is 17.6 Å². The van der Waals surface area contributed by atoms with Crippen LogP contribution in [0.5, 0.6) is 11.5 Å². The fourth-order valence-corrected chi connectivity index (χ4v) is 2.87. The first kappa shape index (κ1) is 19.4. The lowest BCUT2D eigenvalue weighted by atomic mass is 9.98. The molecule has 7 nitrogen and oxygen atoms in total. The van der Waals surface area contributed by atoms with Crippen LogP contribution < -0.4 is 14.8 Å². The third kappa shape index (κ3) is 4.31. The molecule has 0 aliphatic carbocycles. The summed E-state index contributed by atoms with van der Waals surface area (Å²) in [6.45, 7) is 3.96. The minimum absolute atomic E-state index is 0.192. The molecular formula is C21H23N3O4. The Morgan fingerprint density at radius 3 is 2.57 bits per heavy atom. The van der Waals surface area contributed by atoms with Crippen molar-refractivity contribution >= 4 is 11.7 Å². The van der Waals surface area contributed by atoms with Crippen molar-refractivity contribution in [3.8, 4) is 22.8 Å². The van der Waals surface area contributed by atoms with Gasteiger partial charge in [-0.25, -0.2) is 4.63 Å². The van der Waals surface area contributed by atoms with Crippen LogP contribution in [0.2, 0.25) is 0 Å². The molecule has 0 fully saturated rings. The fraction of sp³-hybridized carbons (Fsp3) is 0.286. The van der Waals surface area contributed by atoms with E-state index in [1.807, 2.05) is 12.1 Å². The highest BCUT2D eigenvalue weighted by Gasteiger charge is 2.18. The molecule has 1 aromatic heterocycles. The van der Waals surface area contributed by atoms with Gasteiger partial charge in [-0.05, 0) is 52.5 Å². The summed E-state index contributed by atoms with van der Waals surface area (Å²) in [6.07, 6.45) is 1.73. The lowest BCUT2D eigenvalue weighted by Gasteiger charge is -2.11. The molecule has 146 valence electrons. The molecule has 0 saturated heterocycles. The summed E-state index contributed by atoms with van der Waals surface area (Å²) >= 11 is 0. The van der Waals surface area contributed by atoms with Crippen LogP contribution in [0.1, 0.15) is 25.0 Å². The number of nitrogens with one attached hydrogen (secondary N) is 1. The molecule has 0 spiro atoms. The summed E-state index contributed by atoms with van der Waals surface area (Å²) in [6, 6.07) is 13.4. The number of hydrogen-bond donors (Lipinski definition) is 1. The van der Waals surface area contributed by atoms with Crippen molar-refractivity contribution in [2.75, 3.05) is 19.0 Å². The van der Waals surface area contributed by atoms with E-state index in [-0.39, 0.29) is 18.3 Å². The SMILES string of the molecule is CCc1ccc(CC)c(-c2nonc2NC(=O)COc2ccccc2OC)c1. The molecule has 3 rings (SSSR count). The molecular weight excluding hydrogens is 358 g/mol. The maximum absolute atomic E-state index is 12.4. The fourth-order valence-electron chi connectivity index (χ4n) is 2.87. The zero-order valence-electron chi connectivity index (χ0n) is 16.2. The van der Waals surface area contributed by atoms with Crippen LogP contribution >= 0.6 is 0 Å². The summed E-state index contributed by atoms with van der Waals surface area (Å²) in [5.74, 6) is 0.953. The lowest BCUT2D eigenvalue weighted by Crippen LogP contribution is -2.21. The van der Waals surface area contributed by atoms with Gasteiger partial charge in [0.05, 0.1) is 7.11 Å². The Balaban J connectivity index is 1.75. The number of carbonyl (C=O) groups is 1. The monoisotopic (exact) mass is 381 g/mol. The first-order chi connectivity index (χ1) is 13.7. The van der Waals surface area contributed by atoms with E-state index in [2.05, 4.69) is 47.7 Å². The third-order valence-electron chi connectivity index (χ3n) is 4.39. The van der Waals surface area contributed by atoms with Crippen molar-refractivity contribution in [3.05, 3.63) is 53.6 Å². The summed E-state index contributed by atoms with van der Waals surface area (Å²) in [7, 11) is 1.55. The maximum Gasteiger partial charge on any atom is 0.263 e. The number of amides is 1.